The van der Waals surface area contributed by atoms with Crippen LogP contribution in [0.5, 0.6) is 0 Å². The second-order valence-corrected chi connectivity index (χ2v) is 2.99. The lowest BCUT2D eigenvalue weighted by atomic mass is 10.00. The van der Waals surface area contributed by atoms with E-state index in [4.69, 9.17) is 5.11 Å². The summed E-state index contributed by atoms with van der Waals surface area (Å²) in [6, 6.07) is 0. The molecule has 0 saturated heterocycles. The fourth-order valence-electron chi connectivity index (χ4n) is 0.953. The maximum atomic E-state index is 10.4. The molecule has 78 valence electrons. The van der Waals surface area contributed by atoms with E-state index in [0.29, 0.717) is 0 Å². The molecule has 13 heavy (non-hydrogen) atoms. The smallest absolute Gasteiger partial charge is 0.306 e. The number of carboxylic acids is 1. The molecule has 0 spiro atoms. The normalized spacial score (nSPS) is 11.0. The summed E-state index contributed by atoms with van der Waals surface area (Å²) in [5.74, 6) is -0.754. The second-order valence-electron chi connectivity index (χ2n) is 2.99. The number of hydrogen-bond donors (Lipinski definition) is 1. The van der Waals surface area contributed by atoms with Crippen molar-refractivity contribution in [3.63, 3.8) is 0 Å². The first-order chi connectivity index (χ1) is 6.13. The van der Waals surface area contributed by atoms with E-state index in [1.54, 1.807) is 6.08 Å². The van der Waals surface area contributed by atoms with Crippen molar-refractivity contribution in [1.29, 1.82) is 0 Å². The molecule has 0 aromatic heterocycles. The minimum Gasteiger partial charge on any atom is -0.481 e. The number of unbranched alkanes of at least 4 members (excludes halogenated alkanes) is 1. The van der Waals surface area contributed by atoms with Gasteiger partial charge in [-0.1, -0.05) is 32.8 Å². The molecule has 1 N–H and O–H groups in total. The van der Waals surface area contributed by atoms with Gasteiger partial charge in [0.2, 0.25) is 0 Å². The molecule has 0 fully saturated rings. The highest BCUT2D eigenvalue weighted by Crippen LogP contribution is 2.11. The monoisotopic (exact) mass is 186 g/mol. The van der Waals surface area contributed by atoms with Gasteiger partial charge in [0.25, 0.3) is 0 Å². The molecule has 0 aromatic rings. The van der Waals surface area contributed by atoms with Crippen molar-refractivity contribution in [3.05, 3.63) is 12.7 Å². The van der Waals surface area contributed by atoms with Crippen LogP contribution in [0.15, 0.2) is 12.7 Å². The molecule has 1 unspecified atom stereocenters. The Bertz CT molecular complexity index is 130. The standard InChI is InChI=1S/C8H16O2.C3H6/c1-3-5-6-7(4-2)8(9)10;1-3-2/h7H,3-6H2,1-2H3,(H,9,10);3H,1H2,2H3. The average Bonchev–Trinajstić information content (AvgIpc) is 2.06. The molecule has 0 aliphatic rings. The summed E-state index contributed by atoms with van der Waals surface area (Å²) in [4.78, 5) is 10.4. The maximum absolute atomic E-state index is 10.4. The molecule has 0 aliphatic heterocycles. The van der Waals surface area contributed by atoms with Crippen LogP contribution in [0.3, 0.4) is 0 Å². The Morgan fingerprint density at radius 1 is 1.54 bits per heavy atom. The van der Waals surface area contributed by atoms with Gasteiger partial charge in [0.15, 0.2) is 0 Å². The largest absolute Gasteiger partial charge is 0.481 e. The summed E-state index contributed by atoms with van der Waals surface area (Å²) in [5, 5.41) is 8.60. The van der Waals surface area contributed by atoms with Gasteiger partial charge in [0.1, 0.15) is 0 Å². The molecule has 0 saturated carbocycles. The van der Waals surface area contributed by atoms with Gasteiger partial charge in [0, 0.05) is 0 Å². The fourth-order valence-corrected chi connectivity index (χ4v) is 0.953. The number of aliphatic carboxylic acids is 1. The third kappa shape index (κ3) is 11.2. The van der Waals surface area contributed by atoms with Crippen LogP contribution < -0.4 is 0 Å². The van der Waals surface area contributed by atoms with Crippen molar-refractivity contribution in [3.8, 4) is 0 Å². The number of hydrogen-bond acceptors (Lipinski definition) is 1. The summed E-state index contributed by atoms with van der Waals surface area (Å²) in [6.45, 7) is 9.25. The van der Waals surface area contributed by atoms with E-state index in [9.17, 15) is 4.79 Å². The van der Waals surface area contributed by atoms with Crippen LogP contribution in [0.25, 0.3) is 0 Å². The number of carboxylic acid groups (broad SMARTS) is 1. The maximum Gasteiger partial charge on any atom is 0.306 e. The Morgan fingerprint density at radius 3 is 2.23 bits per heavy atom. The van der Waals surface area contributed by atoms with Crippen LogP contribution in [0, 0.1) is 5.92 Å². The lowest BCUT2D eigenvalue weighted by Crippen LogP contribution is -2.11. The zero-order valence-corrected chi connectivity index (χ0v) is 9.05. The van der Waals surface area contributed by atoms with Gasteiger partial charge >= 0.3 is 5.97 Å². The summed E-state index contributed by atoms with van der Waals surface area (Å²) in [5.41, 5.74) is 0. The highest BCUT2D eigenvalue weighted by molar-refractivity contribution is 5.69. The number of allylic oxidation sites excluding steroid dienone is 1. The highest BCUT2D eigenvalue weighted by atomic mass is 16.4. The van der Waals surface area contributed by atoms with Crippen LogP contribution in [0.2, 0.25) is 0 Å². The van der Waals surface area contributed by atoms with E-state index in [2.05, 4.69) is 13.5 Å². The predicted octanol–water partition coefficient (Wildman–Crippen LogP) is 3.48. The van der Waals surface area contributed by atoms with Crippen LogP contribution in [0.4, 0.5) is 0 Å². The Balaban J connectivity index is 0. The van der Waals surface area contributed by atoms with E-state index in [1.165, 1.54) is 0 Å². The van der Waals surface area contributed by atoms with Gasteiger partial charge < -0.3 is 5.11 Å². The third-order valence-electron chi connectivity index (χ3n) is 1.75. The molecule has 0 aromatic carbocycles. The molecule has 0 rings (SSSR count). The van der Waals surface area contributed by atoms with Crippen molar-refractivity contribution in [2.45, 2.75) is 46.5 Å². The lowest BCUT2D eigenvalue weighted by Gasteiger charge is -2.06. The molecular weight excluding hydrogens is 164 g/mol. The molecule has 0 bridgehead atoms. The topological polar surface area (TPSA) is 37.3 Å². The first-order valence-corrected chi connectivity index (χ1v) is 4.93. The minimum absolute atomic E-state index is 0.111. The number of carbonyl (C=O) groups is 1. The predicted molar refractivity (Wildman–Crippen MR) is 56.8 cm³/mol. The van der Waals surface area contributed by atoms with Gasteiger partial charge in [-0.3, -0.25) is 4.79 Å². The Morgan fingerprint density at radius 2 is 2.00 bits per heavy atom. The van der Waals surface area contributed by atoms with Gasteiger partial charge in [-0.05, 0) is 19.8 Å². The van der Waals surface area contributed by atoms with E-state index in [1.807, 2.05) is 13.8 Å². The molecule has 0 heterocycles. The van der Waals surface area contributed by atoms with Crippen molar-refractivity contribution in [2.75, 3.05) is 0 Å². The summed E-state index contributed by atoms with van der Waals surface area (Å²) >= 11 is 0. The highest BCUT2D eigenvalue weighted by Gasteiger charge is 2.12. The van der Waals surface area contributed by atoms with Gasteiger partial charge in [-0.25, -0.2) is 0 Å². The minimum atomic E-state index is -0.643. The fraction of sp³-hybridized carbons (Fsp3) is 0.727. The number of rotatable bonds is 5. The van der Waals surface area contributed by atoms with Gasteiger partial charge in [-0.2, -0.15) is 0 Å². The first kappa shape index (κ1) is 14.7. The zero-order valence-electron chi connectivity index (χ0n) is 9.05. The summed E-state index contributed by atoms with van der Waals surface area (Å²) in [7, 11) is 0. The van der Waals surface area contributed by atoms with Crippen LogP contribution in [-0.4, -0.2) is 11.1 Å². The van der Waals surface area contributed by atoms with Crippen molar-refractivity contribution >= 4 is 5.97 Å². The molecule has 0 radical (unpaired) electrons. The summed E-state index contributed by atoms with van der Waals surface area (Å²) in [6.07, 6.45) is 5.46. The third-order valence-corrected chi connectivity index (χ3v) is 1.75. The van der Waals surface area contributed by atoms with E-state index < -0.39 is 5.97 Å². The van der Waals surface area contributed by atoms with Gasteiger partial charge in [-0.15, -0.1) is 6.58 Å². The SMILES string of the molecule is C=CC.CCCCC(CC)C(=O)O. The van der Waals surface area contributed by atoms with Crippen molar-refractivity contribution in [1.82, 2.24) is 0 Å². The zero-order chi connectivity index (χ0) is 10.7. The van der Waals surface area contributed by atoms with Crippen LogP contribution in [-0.2, 0) is 4.79 Å². The van der Waals surface area contributed by atoms with Gasteiger partial charge in [0.05, 0.1) is 5.92 Å². The molecule has 2 nitrogen and oxygen atoms in total. The Labute approximate surface area is 81.7 Å². The van der Waals surface area contributed by atoms with E-state index in [-0.39, 0.29) is 5.92 Å². The van der Waals surface area contributed by atoms with Crippen LogP contribution >= 0.6 is 0 Å². The molecule has 0 amide bonds. The Kier molecular flexibility index (Phi) is 12.7. The molecular formula is C11H22O2. The van der Waals surface area contributed by atoms with Crippen molar-refractivity contribution < 1.29 is 9.90 Å². The summed E-state index contributed by atoms with van der Waals surface area (Å²) < 4.78 is 0. The van der Waals surface area contributed by atoms with E-state index >= 15 is 0 Å². The Hall–Kier alpha value is -0.790. The first-order valence-electron chi connectivity index (χ1n) is 4.93. The van der Waals surface area contributed by atoms with E-state index in [0.717, 1.165) is 25.7 Å². The molecule has 0 aliphatic carbocycles. The molecule has 2 heteroatoms. The second kappa shape index (κ2) is 11.2. The average molecular weight is 186 g/mol. The van der Waals surface area contributed by atoms with Crippen LogP contribution in [0.1, 0.15) is 46.5 Å². The quantitative estimate of drug-likeness (QED) is 0.667. The molecule has 1 atom stereocenters. The van der Waals surface area contributed by atoms with Crippen molar-refractivity contribution in [2.24, 2.45) is 5.92 Å². The lowest BCUT2D eigenvalue weighted by molar-refractivity contribution is -0.142.